The molecule has 0 amide bonds. The van der Waals surface area contributed by atoms with E-state index < -0.39 is 5.97 Å². The smallest absolute Gasteiger partial charge is 0.347 e. The Labute approximate surface area is 102 Å². The second-order valence-corrected chi connectivity index (χ2v) is 5.95. The third-order valence-corrected chi connectivity index (χ3v) is 4.77. The number of aromatic carboxylic acids is 1. The van der Waals surface area contributed by atoms with Crippen LogP contribution in [0.5, 0.6) is 0 Å². The van der Waals surface area contributed by atoms with Crippen LogP contribution in [0.1, 0.15) is 28.2 Å². The van der Waals surface area contributed by atoms with Crippen LogP contribution < -0.4 is 5.32 Å². The van der Waals surface area contributed by atoms with Gasteiger partial charge in [0, 0.05) is 11.8 Å². The highest BCUT2D eigenvalue weighted by molar-refractivity contribution is 7.99. The zero-order valence-corrected chi connectivity index (χ0v) is 10.7. The van der Waals surface area contributed by atoms with Crippen LogP contribution in [-0.2, 0) is 0 Å². The summed E-state index contributed by atoms with van der Waals surface area (Å²) in [5, 5.41) is 13.0. The molecule has 2 N–H and O–H groups in total. The fourth-order valence-electron chi connectivity index (χ4n) is 1.69. The third-order valence-electron chi connectivity index (χ3n) is 2.48. The Hall–Kier alpha value is -0.750. The van der Waals surface area contributed by atoms with Crippen molar-refractivity contribution in [1.29, 1.82) is 0 Å². The molecule has 1 saturated heterocycles. The number of carboxylic acid groups (broad SMARTS) is 1. The zero-order chi connectivity index (χ0) is 11.5. The van der Waals surface area contributed by atoms with Gasteiger partial charge < -0.3 is 10.4 Å². The maximum atomic E-state index is 10.9. The first kappa shape index (κ1) is 11.7. The number of aromatic nitrogens is 1. The average Bonchev–Trinajstić information content (AvgIpc) is 2.61. The quantitative estimate of drug-likeness (QED) is 0.872. The van der Waals surface area contributed by atoms with Gasteiger partial charge in [0.15, 0.2) is 5.13 Å². The number of thiazole rings is 1. The summed E-state index contributed by atoms with van der Waals surface area (Å²) in [6.07, 6.45) is 2.37. The SMILES string of the molecule is Cc1nc(NC2CCCSC2)sc1C(=O)O. The first-order valence-corrected chi connectivity index (χ1v) is 7.19. The fourth-order valence-corrected chi connectivity index (χ4v) is 3.64. The molecule has 2 rings (SSSR count). The molecule has 88 valence electrons. The van der Waals surface area contributed by atoms with Crippen LogP contribution in [0.25, 0.3) is 0 Å². The Morgan fingerprint density at radius 3 is 3.00 bits per heavy atom. The van der Waals surface area contributed by atoms with Crippen molar-refractivity contribution in [2.45, 2.75) is 25.8 Å². The number of thioether (sulfide) groups is 1. The highest BCUT2D eigenvalue weighted by atomic mass is 32.2. The maximum absolute atomic E-state index is 10.9. The number of hydrogen-bond donors (Lipinski definition) is 2. The Morgan fingerprint density at radius 2 is 2.44 bits per heavy atom. The number of carboxylic acids is 1. The van der Waals surface area contributed by atoms with E-state index in [9.17, 15) is 4.79 Å². The van der Waals surface area contributed by atoms with Gasteiger partial charge in [-0.15, -0.1) is 0 Å². The predicted molar refractivity (Wildman–Crippen MR) is 67.8 cm³/mol. The normalized spacial score (nSPS) is 20.7. The summed E-state index contributed by atoms with van der Waals surface area (Å²) in [5.41, 5.74) is 0.600. The summed E-state index contributed by atoms with van der Waals surface area (Å²) in [6, 6.07) is 0.436. The number of hydrogen-bond acceptors (Lipinski definition) is 5. The molecule has 0 spiro atoms. The molecular weight excluding hydrogens is 244 g/mol. The summed E-state index contributed by atoms with van der Waals surface area (Å²) >= 11 is 3.17. The minimum Gasteiger partial charge on any atom is -0.477 e. The van der Waals surface area contributed by atoms with Crippen LogP contribution in [0.2, 0.25) is 0 Å². The molecule has 4 nitrogen and oxygen atoms in total. The number of aryl methyl sites for hydroxylation is 1. The van der Waals surface area contributed by atoms with Gasteiger partial charge in [-0.2, -0.15) is 11.8 Å². The zero-order valence-electron chi connectivity index (χ0n) is 9.02. The van der Waals surface area contributed by atoms with Gasteiger partial charge in [-0.3, -0.25) is 0 Å². The van der Waals surface area contributed by atoms with Gasteiger partial charge in [-0.25, -0.2) is 9.78 Å². The van der Waals surface area contributed by atoms with E-state index in [0.29, 0.717) is 16.6 Å². The van der Waals surface area contributed by atoms with Crippen LogP contribution in [0.3, 0.4) is 0 Å². The average molecular weight is 258 g/mol. The van der Waals surface area contributed by atoms with Crippen molar-refractivity contribution in [1.82, 2.24) is 4.98 Å². The van der Waals surface area contributed by atoms with Gasteiger partial charge in [0.2, 0.25) is 0 Å². The summed E-state index contributed by atoms with van der Waals surface area (Å²) in [5.74, 6) is 1.43. The Balaban J connectivity index is 2.03. The van der Waals surface area contributed by atoms with Crippen LogP contribution in [-0.4, -0.2) is 33.6 Å². The van der Waals surface area contributed by atoms with Gasteiger partial charge in [-0.05, 0) is 25.5 Å². The van der Waals surface area contributed by atoms with Gasteiger partial charge in [0.1, 0.15) is 4.88 Å². The molecule has 1 atom stereocenters. The maximum Gasteiger partial charge on any atom is 0.347 e. The molecule has 1 aliphatic rings. The minimum absolute atomic E-state index is 0.339. The van der Waals surface area contributed by atoms with E-state index in [1.807, 2.05) is 11.8 Å². The first-order valence-electron chi connectivity index (χ1n) is 5.22. The lowest BCUT2D eigenvalue weighted by atomic mass is 10.2. The second-order valence-electron chi connectivity index (χ2n) is 3.80. The standard InChI is InChI=1S/C10H14N2O2S2/c1-6-8(9(13)14)16-10(11-6)12-7-3-2-4-15-5-7/h7H,2-5H2,1H3,(H,11,12)(H,13,14). The molecule has 0 aromatic carbocycles. The number of nitrogens with zero attached hydrogens (tertiary/aromatic N) is 1. The highest BCUT2D eigenvalue weighted by Gasteiger charge is 2.18. The van der Waals surface area contributed by atoms with Gasteiger partial charge in [-0.1, -0.05) is 11.3 Å². The summed E-state index contributed by atoms with van der Waals surface area (Å²) in [4.78, 5) is 15.4. The molecule has 0 radical (unpaired) electrons. The van der Waals surface area contributed by atoms with Crippen molar-refractivity contribution >= 4 is 34.2 Å². The first-order chi connectivity index (χ1) is 7.66. The van der Waals surface area contributed by atoms with E-state index in [4.69, 9.17) is 5.11 Å². The van der Waals surface area contributed by atoms with Crippen molar-refractivity contribution < 1.29 is 9.90 Å². The van der Waals surface area contributed by atoms with E-state index >= 15 is 0 Å². The number of carbonyl (C=O) groups is 1. The minimum atomic E-state index is -0.888. The molecule has 2 heterocycles. The van der Waals surface area contributed by atoms with E-state index in [2.05, 4.69) is 10.3 Å². The molecule has 0 aliphatic carbocycles. The Bertz CT molecular complexity index is 386. The fraction of sp³-hybridized carbons (Fsp3) is 0.600. The molecule has 0 bridgehead atoms. The number of rotatable bonds is 3. The lowest BCUT2D eigenvalue weighted by Gasteiger charge is -2.21. The van der Waals surface area contributed by atoms with Crippen molar-refractivity contribution in [3.05, 3.63) is 10.6 Å². The summed E-state index contributed by atoms with van der Waals surface area (Å²) in [6.45, 7) is 1.74. The molecular formula is C10H14N2O2S2. The van der Waals surface area contributed by atoms with Crippen molar-refractivity contribution in [2.24, 2.45) is 0 Å². The largest absolute Gasteiger partial charge is 0.477 e. The molecule has 1 fully saturated rings. The Morgan fingerprint density at radius 1 is 1.62 bits per heavy atom. The third kappa shape index (κ3) is 2.68. The second kappa shape index (κ2) is 5.05. The molecule has 1 aromatic heterocycles. The van der Waals surface area contributed by atoms with Crippen molar-refractivity contribution in [3.8, 4) is 0 Å². The molecule has 0 saturated carbocycles. The monoisotopic (exact) mass is 258 g/mol. The van der Waals surface area contributed by atoms with E-state index in [0.717, 1.165) is 17.3 Å². The molecule has 1 aliphatic heterocycles. The van der Waals surface area contributed by atoms with E-state index in [-0.39, 0.29) is 0 Å². The number of anilines is 1. The lowest BCUT2D eigenvalue weighted by molar-refractivity contribution is 0.0701. The molecule has 1 aromatic rings. The van der Waals surface area contributed by atoms with E-state index in [1.165, 1.54) is 23.5 Å². The highest BCUT2D eigenvalue weighted by Crippen LogP contribution is 2.26. The molecule has 1 unspecified atom stereocenters. The topological polar surface area (TPSA) is 62.2 Å². The van der Waals surface area contributed by atoms with Crippen molar-refractivity contribution in [3.63, 3.8) is 0 Å². The van der Waals surface area contributed by atoms with E-state index in [1.54, 1.807) is 6.92 Å². The lowest BCUT2D eigenvalue weighted by Crippen LogP contribution is -2.25. The van der Waals surface area contributed by atoms with Crippen LogP contribution in [0, 0.1) is 6.92 Å². The van der Waals surface area contributed by atoms with Gasteiger partial charge in [0.05, 0.1) is 5.69 Å². The van der Waals surface area contributed by atoms with Gasteiger partial charge >= 0.3 is 5.97 Å². The Kier molecular flexibility index (Phi) is 3.70. The predicted octanol–water partition coefficient (Wildman–Crippen LogP) is 2.46. The molecule has 6 heteroatoms. The summed E-state index contributed by atoms with van der Waals surface area (Å²) < 4.78 is 0. The summed E-state index contributed by atoms with van der Waals surface area (Å²) in [7, 11) is 0. The molecule has 16 heavy (non-hydrogen) atoms. The van der Waals surface area contributed by atoms with Crippen molar-refractivity contribution in [2.75, 3.05) is 16.8 Å². The van der Waals surface area contributed by atoms with Gasteiger partial charge in [0.25, 0.3) is 0 Å². The van der Waals surface area contributed by atoms with Crippen LogP contribution in [0.15, 0.2) is 0 Å². The number of nitrogens with one attached hydrogen (secondary N) is 1. The van der Waals surface area contributed by atoms with Crippen LogP contribution in [0.4, 0.5) is 5.13 Å². The van der Waals surface area contributed by atoms with Crippen LogP contribution >= 0.6 is 23.1 Å².